The van der Waals surface area contributed by atoms with Gasteiger partial charge in [-0.2, -0.15) is 5.10 Å². The van der Waals surface area contributed by atoms with Crippen LogP contribution in [0, 0.1) is 6.92 Å². The van der Waals surface area contributed by atoms with Crippen LogP contribution in [0.25, 0.3) is 11.4 Å². The van der Waals surface area contributed by atoms with E-state index in [9.17, 15) is 9.90 Å². The number of carbonyl (C=O) groups excluding carboxylic acids is 1. The van der Waals surface area contributed by atoms with Gasteiger partial charge in [0, 0.05) is 30.8 Å². The third-order valence-electron chi connectivity index (χ3n) is 4.91. The average molecular weight is 362 g/mol. The molecule has 0 radical (unpaired) electrons. The lowest BCUT2D eigenvalue weighted by Crippen LogP contribution is -2.32. The van der Waals surface area contributed by atoms with Crippen LogP contribution in [0.5, 0.6) is 5.75 Å². The summed E-state index contributed by atoms with van der Waals surface area (Å²) in [5.74, 6) is 1.77. The Hall–Kier alpha value is -3.15. The Morgan fingerprint density at radius 3 is 2.37 bits per heavy atom. The van der Waals surface area contributed by atoms with Gasteiger partial charge in [0.2, 0.25) is 0 Å². The summed E-state index contributed by atoms with van der Waals surface area (Å²) in [6.45, 7) is 2.46. The summed E-state index contributed by atoms with van der Waals surface area (Å²) in [7, 11) is 1.86. The van der Waals surface area contributed by atoms with Gasteiger partial charge in [-0.25, -0.2) is 4.98 Å². The number of aromatic nitrogens is 3. The van der Waals surface area contributed by atoms with Crippen LogP contribution in [0.3, 0.4) is 0 Å². The van der Waals surface area contributed by atoms with Gasteiger partial charge in [-0.15, -0.1) is 0 Å². The molecule has 4 rings (SSSR count). The zero-order valence-corrected chi connectivity index (χ0v) is 15.5. The molecular formula is C21H22N4O2. The Balaban J connectivity index is 1.53. The van der Waals surface area contributed by atoms with Crippen molar-refractivity contribution in [3.63, 3.8) is 0 Å². The third kappa shape index (κ3) is 3.69. The summed E-state index contributed by atoms with van der Waals surface area (Å²) in [6.07, 6.45) is 2.08. The van der Waals surface area contributed by atoms with Crippen LogP contribution < -0.4 is 0 Å². The monoisotopic (exact) mass is 362 g/mol. The van der Waals surface area contributed by atoms with Gasteiger partial charge in [-0.3, -0.25) is 9.48 Å². The fourth-order valence-electron chi connectivity index (χ4n) is 3.06. The second kappa shape index (κ2) is 6.87. The summed E-state index contributed by atoms with van der Waals surface area (Å²) < 4.78 is 1.74. The number of hydrogen-bond acceptors (Lipinski definition) is 4. The molecule has 27 heavy (non-hydrogen) atoms. The Labute approximate surface area is 158 Å². The molecule has 6 nitrogen and oxygen atoms in total. The van der Waals surface area contributed by atoms with E-state index in [1.165, 1.54) is 0 Å². The quantitative estimate of drug-likeness (QED) is 0.756. The minimum absolute atomic E-state index is 0.0299. The first-order valence-electron chi connectivity index (χ1n) is 9.08. The molecule has 138 valence electrons. The van der Waals surface area contributed by atoms with Gasteiger partial charge in [0.05, 0.1) is 0 Å². The molecule has 6 heteroatoms. The Morgan fingerprint density at radius 2 is 1.81 bits per heavy atom. The number of rotatable bonds is 5. The summed E-state index contributed by atoms with van der Waals surface area (Å²) in [5.41, 5.74) is 2.57. The maximum atomic E-state index is 13.0. The number of phenolic OH excluding ortho intramolecular Hbond substituents is 1. The van der Waals surface area contributed by atoms with Crippen LogP contribution in [0.4, 0.5) is 0 Å². The molecule has 1 saturated carbocycles. The van der Waals surface area contributed by atoms with Crippen LogP contribution in [-0.4, -0.2) is 36.7 Å². The van der Waals surface area contributed by atoms with E-state index in [0.29, 0.717) is 24.0 Å². The molecule has 1 aliphatic carbocycles. The third-order valence-corrected chi connectivity index (χ3v) is 4.91. The number of carbonyl (C=O) groups is 1. The van der Waals surface area contributed by atoms with Crippen molar-refractivity contribution in [2.45, 2.75) is 32.4 Å². The van der Waals surface area contributed by atoms with E-state index in [1.807, 2.05) is 55.3 Å². The minimum atomic E-state index is 0.0299. The number of aryl methyl sites for hydroxylation is 2. The number of phenols is 1. The SMILES string of the molecule is Cc1nc(-c2ccc(C(=O)N(Cc3ccc(O)cc3)C3CC3)cc2)nn1C. The predicted octanol–water partition coefficient (Wildman–Crippen LogP) is 3.30. The Kier molecular flexibility index (Phi) is 4.39. The first kappa shape index (κ1) is 17.3. The largest absolute Gasteiger partial charge is 0.508 e. The fourth-order valence-corrected chi connectivity index (χ4v) is 3.06. The molecule has 0 saturated heterocycles. The van der Waals surface area contributed by atoms with Gasteiger partial charge in [-0.1, -0.05) is 24.3 Å². The van der Waals surface area contributed by atoms with Crippen molar-refractivity contribution in [1.29, 1.82) is 0 Å². The van der Waals surface area contributed by atoms with E-state index in [-0.39, 0.29) is 11.7 Å². The van der Waals surface area contributed by atoms with Gasteiger partial charge in [-0.05, 0) is 49.6 Å². The number of aromatic hydroxyl groups is 1. The second-order valence-corrected chi connectivity index (χ2v) is 7.01. The van der Waals surface area contributed by atoms with E-state index in [0.717, 1.165) is 29.8 Å². The van der Waals surface area contributed by atoms with Gasteiger partial charge in [0.25, 0.3) is 5.91 Å². The van der Waals surface area contributed by atoms with Gasteiger partial charge < -0.3 is 10.0 Å². The highest BCUT2D eigenvalue weighted by molar-refractivity contribution is 5.95. The first-order valence-corrected chi connectivity index (χ1v) is 9.08. The molecule has 0 bridgehead atoms. The molecule has 0 atom stereocenters. The van der Waals surface area contributed by atoms with Crippen LogP contribution in [-0.2, 0) is 13.6 Å². The zero-order valence-electron chi connectivity index (χ0n) is 15.5. The van der Waals surface area contributed by atoms with E-state index in [1.54, 1.807) is 16.8 Å². The Morgan fingerprint density at radius 1 is 1.15 bits per heavy atom. The number of nitrogens with zero attached hydrogens (tertiary/aromatic N) is 4. The minimum Gasteiger partial charge on any atom is -0.508 e. The van der Waals surface area contributed by atoms with Crippen molar-refractivity contribution in [2.75, 3.05) is 0 Å². The molecule has 1 amide bonds. The summed E-state index contributed by atoms with van der Waals surface area (Å²) in [4.78, 5) is 19.4. The molecule has 0 spiro atoms. The maximum Gasteiger partial charge on any atom is 0.254 e. The van der Waals surface area contributed by atoms with E-state index >= 15 is 0 Å². The van der Waals surface area contributed by atoms with E-state index in [4.69, 9.17) is 0 Å². The van der Waals surface area contributed by atoms with Gasteiger partial charge >= 0.3 is 0 Å². The first-order chi connectivity index (χ1) is 13.0. The van der Waals surface area contributed by atoms with Crippen molar-refractivity contribution in [3.8, 4) is 17.1 Å². The highest BCUT2D eigenvalue weighted by Crippen LogP contribution is 2.30. The molecule has 1 aliphatic rings. The number of amides is 1. The summed E-state index contributed by atoms with van der Waals surface area (Å²) >= 11 is 0. The molecule has 2 aromatic carbocycles. The van der Waals surface area contributed by atoms with Gasteiger partial charge in [0.15, 0.2) is 5.82 Å². The van der Waals surface area contributed by atoms with Gasteiger partial charge in [0.1, 0.15) is 11.6 Å². The van der Waals surface area contributed by atoms with Crippen molar-refractivity contribution >= 4 is 5.91 Å². The topological polar surface area (TPSA) is 71.2 Å². The van der Waals surface area contributed by atoms with Crippen molar-refractivity contribution < 1.29 is 9.90 Å². The number of benzene rings is 2. The van der Waals surface area contributed by atoms with Crippen LogP contribution in [0.1, 0.15) is 34.6 Å². The Bertz CT molecular complexity index is 937. The summed E-state index contributed by atoms with van der Waals surface area (Å²) in [5, 5.41) is 13.8. The molecule has 0 unspecified atom stereocenters. The second-order valence-electron chi connectivity index (χ2n) is 7.01. The van der Waals surface area contributed by atoms with Crippen molar-refractivity contribution in [2.24, 2.45) is 7.05 Å². The average Bonchev–Trinajstić information content (AvgIpc) is 3.46. The molecule has 1 N–H and O–H groups in total. The zero-order chi connectivity index (χ0) is 19.0. The summed E-state index contributed by atoms with van der Waals surface area (Å²) in [6, 6.07) is 14.8. The van der Waals surface area contributed by atoms with Crippen LogP contribution >= 0.6 is 0 Å². The lowest BCUT2D eigenvalue weighted by Gasteiger charge is -2.23. The molecule has 1 heterocycles. The van der Waals surface area contributed by atoms with Crippen molar-refractivity contribution in [3.05, 3.63) is 65.5 Å². The lowest BCUT2D eigenvalue weighted by atomic mass is 10.1. The number of hydrogen-bond donors (Lipinski definition) is 1. The van der Waals surface area contributed by atoms with E-state index < -0.39 is 0 Å². The van der Waals surface area contributed by atoms with Crippen LogP contribution in [0.15, 0.2) is 48.5 Å². The maximum absolute atomic E-state index is 13.0. The van der Waals surface area contributed by atoms with Crippen LogP contribution in [0.2, 0.25) is 0 Å². The molecule has 1 aromatic heterocycles. The van der Waals surface area contributed by atoms with Crippen molar-refractivity contribution in [1.82, 2.24) is 19.7 Å². The predicted molar refractivity (Wildman–Crippen MR) is 102 cm³/mol. The molecular weight excluding hydrogens is 340 g/mol. The smallest absolute Gasteiger partial charge is 0.254 e. The normalized spacial score (nSPS) is 13.6. The van der Waals surface area contributed by atoms with E-state index in [2.05, 4.69) is 10.1 Å². The highest BCUT2D eigenvalue weighted by Gasteiger charge is 2.33. The lowest BCUT2D eigenvalue weighted by molar-refractivity contribution is 0.0730. The fraction of sp³-hybridized carbons (Fsp3) is 0.286. The standard InChI is InChI=1S/C21H22N4O2/c1-14-22-20(23-24(14)2)16-5-7-17(8-6-16)21(27)25(18-9-10-18)13-15-3-11-19(26)12-4-15/h3-8,11-12,18,26H,9-10,13H2,1-2H3. The molecule has 1 fully saturated rings. The highest BCUT2D eigenvalue weighted by atomic mass is 16.3. The molecule has 3 aromatic rings. The molecule has 0 aliphatic heterocycles.